The fourth-order valence-corrected chi connectivity index (χ4v) is 3.90. The molecule has 1 aliphatic carbocycles. The highest BCUT2D eigenvalue weighted by molar-refractivity contribution is 5.94. The number of aldehydes is 1. The van der Waals surface area contributed by atoms with Crippen LogP contribution in [0.4, 0.5) is 18.9 Å². The molecule has 5 nitrogen and oxygen atoms in total. The van der Waals surface area contributed by atoms with Crippen LogP contribution in [0.3, 0.4) is 0 Å². The second kappa shape index (κ2) is 17.2. The number of benzene rings is 2. The molecule has 0 atom stereocenters. The number of hydrogen-bond donors (Lipinski definition) is 0. The van der Waals surface area contributed by atoms with E-state index in [-0.39, 0.29) is 24.1 Å². The Hall–Kier alpha value is -3.39. The van der Waals surface area contributed by atoms with Crippen molar-refractivity contribution in [3.05, 3.63) is 78.6 Å². The van der Waals surface area contributed by atoms with Crippen LogP contribution in [0.1, 0.15) is 57.6 Å². The smallest absolute Gasteiger partial charge is 0.134 e. The van der Waals surface area contributed by atoms with Crippen molar-refractivity contribution in [3.63, 3.8) is 0 Å². The van der Waals surface area contributed by atoms with Gasteiger partial charge in [0.05, 0.1) is 30.4 Å². The molecule has 38 heavy (non-hydrogen) atoms. The number of rotatable bonds is 6. The summed E-state index contributed by atoms with van der Waals surface area (Å²) in [7, 11) is 1.68. The summed E-state index contributed by atoms with van der Waals surface area (Å²) >= 11 is 0. The Morgan fingerprint density at radius 2 is 1.63 bits per heavy atom. The molecule has 4 rings (SSSR count). The highest BCUT2D eigenvalue weighted by Crippen LogP contribution is 2.36. The first-order valence-electron chi connectivity index (χ1n) is 12.7. The normalized spacial score (nSPS) is 17.4. The van der Waals surface area contributed by atoms with Gasteiger partial charge in [-0.25, -0.2) is 18.2 Å². The fourth-order valence-electron chi connectivity index (χ4n) is 3.90. The van der Waals surface area contributed by atoms with Crippen molar-refractivity contribution in [1.82, 2.24) is 0 Å². The highest BCUT2D eigenvalue weighted by atomic mass is 19.1. The van der Waals surface area contributed by atoms with Gasteiger partial charge in [0, 0.05) is 42.9 Å². The number of ether oxygens (including phenoxy) is 2. The molecule has 0 saturated heterocycles. The van der Waals surface area contributed by atoms with Gasteiger partial charge in [-0.1, -0.05) is 20.4 Å². The van der Waals surface area contributed by atoms with Gasteiger partial charge in [0.2, 0.25) is 0 Å². The van der Waals surface area contributed by atoms with Gasteiger partial charge in [-0.2, -0.15) is 0 Å². The van der Waals surface area contributed by atoms with Crippen molar-refractivity contribution in [1.29, 1.82) is 0 Å². The minimum Gasteiger partial charge on any atom is -0.490 e. The summed E-state index contributed by atoms with van der Waals surface area (Å²) in [5, 5.41) is 0. The van der Waals surface area contributed by atoms with Crippen molar-refractivity contribution < 1.29 is 27.4 Å². The molecule has 1 saturated carbocycles. The Balaban J connectivity index is 0.000000811. The molecule has 1 heterocycles. The second-order valence-corrected chi connectivity index (χ2v) is 8.21. The van der Waals surface area contributed by atoms with Crippen molar-refractivity contribution in [2.24, 2.45) is 10.9 Å². The number of hydrogen-bond acceptors (Lipinski definition) is 5. The fraction of sp³-hybridized carbons (Fsp3) is 0.400. The van der Waals surface area contributed by atoms with Gasteiger partial charge >= 0.3 is 0 Å². The lowest BCUT2D eigenvalue weighted by Crippen LogP contribution is -2.26. The Labute approximate surface area is 224 Å². The summed E-state index contributed by atoms with van der Waals surface area (Å²) in [6.07, 6.45) is 5.77. The van der Waals surface area contributed by atoms with Crippen LogP contribution in [0.15, 0.2) is 55.1 Å². The van der Waals surface area contributed by atoms with Crippen LogP contribution in [-0.4, -0.2) is 32.4 Å². The third-order valence-electron chi connectivity index (χ3n) is 5.88. The Kier molecular flexibility index (Phi) is 14.8. The molecule has 2 aromatic carbocycles. The molecule has 2 aliphatic rings. The van der Waals surface area contributed by atoms with Gasteiger partial charge in [0.25, 0.3) is 0 Å². The van der Waals surface area contributed by atoms with E-state index >= 15 is 0 Å². The van der Waals surface area contributed by atoms with Crippen molar-refractivity contribution in [2.45, 2.75) is 59.1 Å². The average molecular weight is 533 g/mol. The highest BCUT2D eigenvalue weighted by Gasteiger charge is 2.24. The molecule has 1 fully saturated rings. The largest absolute Gasteiger partial charge is 0.490 e. The van der Waals surface area contributed by atoms with Gasteiger partial charge in [-0.15, -0.1) is 13.2 Å². The third-order valence-corrected chi connectivity index (χ3v) is 5.88. The molecule has 0 amide bonds. The molecule has 0 radical (unpaired) electrons. The third kappa shape index (κ3) is 9.17. The van der Waals surface area contributed by atoms with Gasteiger partial charge < -0.3 is 19.2 Å². The number of nitrogens with zero attached hydrogens (tertiary/aromatic N) is 2. The van der Waals surface area contributed by atoms with E-state index < -0.39 is 17.5 Å². The molecule has 0 bridgehead atoms. The van der Waals surface area contributed by atoms with Crippen LogP contribution < -0.4 is 9.64 Å². The predicted octanol–water partition coefficient (Wildman–Crippen LogP) is 7.74. The van der Waals surface area contributed by atoms with Gasteiger partial charge in [0.1, 0.15) is 29.5 Å². The molecule has 208 valence electrons. The van der Waals surface area contributed by atoms with Crippen LogP contribution >= 0.6 is 0 Å². The number of aliphatic imine (C=N–C) groups is 1. The monoisotopic (exact) mass is 532 g/mol. The van der Waals surface area contributed by atoms with E-state index in [1.54, 1.807) is 24.1 Å². The van der Waals surface area contributed by atoms with Crippen LogP contribution in [0.25, 0.3) is 5.70 Å². The first kappa shape index (κ1) is 32.6. The standard InChI is InChI=1S/C23H21F3N2O2.C3H8O.C2H6.C2H4/c1-14-19-10-18(30-17-4-2-15(12-29)3-5-17)6-7-23(19)28(13-27-14)11-20-21(25)8-16(24)9-22(20)26;1-3-4-2;2*1-2/h6-10,12-13,15,17H,1-5,11H2;3H2,1-2H3;1-2H3;1-2H2. The summed E-state index contributed by atoms with van der Waals surface area (Å²) in [4.78, 5) is 16.7. The first-order chi connectivity index (χ1) is 18.4. The summed E-state index contributed by atoms with van der Waals surface area (Å²) < 4.78 is 52.0. The Morgan fingerprint density at radius 1 is 1.05 bits per heavy atom. The maximum absolute atomic E-state index is 14.1. The molecule has 0 aromatic heterocycles. The van der Waals surface area contributed by atoms with E-state index in [0.29, 0.717) is 34.8 Å². The topological polar surface area (TPSA) is 51.1 Å². The van der Waals surface area contributed by atoms with Crippen LogP contribution in [-0.2, 0) is 16.1 Å². The minimum atomic E-state index is -0.959. The van der Waals surface area contributed by atoms with Crippen LogP contribution in [0.5, 0.6) is 5.75 Å². The zero-order valence-electron chi connectivity index (χ0n) is 22.8. The van der Waals surface area contributed by atoms with Crippen molar-refractivity contribution in [2.75, 3.05) is 18.6 Å². The average Bonchev–Trinajstić information content (AvgIpc) is 2.94. The van der Waals surface area contributed by atoms with E-state index in [2.05, 4.69) is 29.5 Å². The molecule has 0 spiro atoms. The predicted molar refractivity (Wildman–Crippen MR) is 149 cm³/mol. The molecule has 1 aliphatic heterocycles. The number of anilines is 1. The second-order valence-electron chi connectivity index (χ2n) is 8.21. The molecule has 2 aromatic rings. The maximum atomic E-state index is 14.1. The Morgan fingerprint density at radius 3 is 2.16 bits per heavy atom. The molecular weight excluding hydrogens is 493 g/mol. The summed E-state index contributed by atoms with van der Waals surface area (Å²) in [6, 6.07) is 6.72. The number of carbonyl (C=O) groups excluding carboxylic acids is 1. The molecular formula is C30H39F3N2O3. The zero-order chi connectivity index (χ0) is 28.7. The van der Waals surface area contributed by atoms with Gasteiger partial charge in [-0.3, -0.25) is 0 Å². The summed E-state index contributed by atoms with van der Waals surface area (Å²) in [6.45, 7) is 16.6. The number of methoxy groups -OCH3 is 1. The van der Waals surface area contributed by atoms with Crippen molar-refractivity contribution in [3.8, 4) is 5.75 Å². The van der Waals surface area contributed by atoms with Crippen LogP contribution in [0, 0.1) is 23.4 Å². The zero-order valence-corrected chi connectivity index (χ0v) is 22.8. The summed E-state index contributed by atoms with van der Waals surface area (Å²) in [5.74, 6) is -2.08. The van der Waals surface area contributed by atoms with E-state index in [4.69, 9.17) is 4.74 Å². The van der Waals surface area contributed by atoms with E-state index in [1.165, 1.54) is 6.34 Å². The number of halogens is 3. The molecule has 0 N–H and O–H groups in total. The number of carbonyl (C=O) groups is 1. The van der Waals surface area contributed by atoms with Gasteiger partial charge in [0.15, 0.2) is 0 Å². The lowest BCUT2D eigenvalue weighted by Gasteiger charge is -2.29. The van der Waals surface area contributed by atoms with Crippen LogP contribution in [0.2, 0.25) is 0 Å². The number of fused-ring (bicyclic) bond motifs is 1. The van der Waals surface area contributed by atoms with E-state index in [9.17, 15) is 18.0 Å². The van der Waals surface area contributed by atoms with E-state index in [0.717, 1.165) is 38.6 Å². The quantitative estimate of drug-likeness (QED) is 0.282. The summed E-state index contributed by atoms with van der Waals surface area (Å²) in [5.41, 5.74) is 1.64. The van der Waals surface area contributed by atoms with Gasteiger partial charge in [-0.05, 0) is 50.8 Å². The van der Waals surface area contributed by atoms with E-state index in [1.807, 2.05) is 26.8 Å². The molecule has 8 heteroatoms. The Bertz CT molecular complexity index is 1040. The maximum Gasteiger partial charge on any atom is 0.134 e. The first-order valence-corrected chi connectivity index (χ1v) is 12.7. The SMILES string of the molecule is C=C.C=C1N=CN(Cc2c(F)cc(F)cc2F)c2ccc(OC3CCC(C=O)CC3)cc21.CC.CCOC. The molecule has 0 unspecified atom stereocenters. The lowest BCUT2D eigenvalue weighted by atomic mass is 9.88. The lowest BCUT2D eigenvalue weighted by molar-refractivity contribution is -0.112. The minimum absolute atomic E-state index is 0.0399. The van der Waals surface area contributed by atoms with Crippen molar-refractivity contribution >= 4 is 24.0 Å².